The second-order valence-corrected chi connectivity index (χ2v) is 3.95. The van der Waals surface area contributed by atoms with E-state index in [-0.39, 0.29) is 0 Å². The molecule has 2 heteroatoms. The molecule has 2 N–H and O–H groups in total. The van der Waals surface area contributed by atoms with E-state index >= 15 is 0 Å². The minimum absolute atomic E-state index is 0.670. The van der Waals surface area contributed by atoms with Gasteiger partial charge in [-0.05, 0) is 19.3 Å². The number of rotatable bonds is 6. The molecule has 0 aliphatic heterocycles. The maximum Gasteiger partial charge on any atom is 0.0134 e. The van der Waals surface area contributed by atoms with Gasteiger partial charge in [-0.25, -0.2) is 0 Å². The molecule has 1 rings (SSSR count). The average molecular weight is 194 g/mol. The van der Waals surface area contributed by atoms with Gasteiger partial charge in [-0.3, -0.25) is 0 Å². The van der Waals surface area contributed by atoms with Gasteiger partial charge >= 0.3 is 0 Å². The van der Waals surface area contributed by atoms with Crippen molar-refractivity contribution in [2.45, 2.75) is 37.8 Å². The second-order valence-electron chi connectivity index (χ2n) is 3.95. The van der Waals surface area contributed by atoms with E-state index in [0.717, 1.165) is 13.1 Å². The van der Waals surface area contributed by atoms with Gasteiger partial charge in [0.25, 0.3) is 0 Å². The Bertz CT molecular complexity index is 159. The summed E-state index contributed by atoms with van der Waals surface area (Å²) in [5.74, 6) is 0. The summed E-state index contributed by atoms with van der Waals surface area (Å²) in [6, 6.07) is 1.34. The van der Waals surface area contributed by atoms with Gasteiger partial charge in [0.1, 0.15) is 0 Å². The van der Waals surface area contributed by atoms with Crippen LogP contribution in [0.5, 0.6) is 0 Å². The first kappa shape index (κ1) is 11.5. The Morgan fingerprint density at radius 3 is 1.93 bits per heavy atom. The molecule has 0 spiro atoms. The number of hydrogen-bond acceptors (Lipinski definition) is 2. The predicted molar refractivity (Wildman–Crippen MR) is 62.4 cm³/mol. The van der Waals surface area contributed by atoms with E-state index < -0.39 is 0 Å². The van der Waals surface area contributed by atoms with Crippen LogP contribution in [0.4, 0.5) is 0 Å². The van der Waals surface area contributed by atoms with Crippen molar-refractivity contribution in [1.29, 1.82) is 0 Å². The van der Waals surface area contributed by atoms with E-state index in [1.54, 1.807) is 0 Å². The third kappa shape index (κ3) is 4.07. The fourth-order valence-electron chi connectivity index (χ4n) is 2.06. The third-order valence-electron chi connectivity index (χ3n) is 2.78. The van der Waals surface area contributed by atoms with Gasteiger partial charge in [0.15, 0.2) is 0 Å². The molecule has 0 radical (unpaired) electrons. The van der Waals surface area contributed by atoms with E-state index in [1.165, 1.54) is 25.7 Å². The normalized spacial score (nSPS) is 27.1. The first-order chi connectivity index (χ1) is 6.86. The first-order valence-corrected chi connectivity index (χ1v) is 5.55. The third-order valence-corrected chi connectivity index (χ3v) is 2.78. The van der Waals surface area contributed by atoms with Crippen molar-refractivity contribution in [2.75, 3.05) is 13.1 Å². The van der Waals surface area contributed by atoms with Gasteiger partial charge in [-0.15, -0.1) is 13.2 Å². The van der Waals surface area contributed by atoms with Crippen molar-refractivity contribution < 1.29 is 0 Å². The lowest BCUT2D eigenvalue weighted by Crippen LogP contribution is -2.42. The lowest BCUT2D eigenvalue weighted by molar-refractivity contribution is 0.314. The molecular weight excluding hydrogens is 172 g/mol. The van der Waals surface area contributed by atoms with Crippen LogP contribution in [0.15, 0.2) is 25.3 Å². The summed E-state index contributed by atoms with van der Waals surface area (Å²) in [4.78, 5) is 0. The van der Waals surface area contributed by atoms with Gasteiger partial charge < -0.3 is 10.6 Å². The smallest absolute Gasteiger partial charge is 0.0134 e. The number of nitrogens with one attached hydrogen (secondary N) is 2. The predicted octanol–water partition coefficient (Wildman–Crippen LogP) is 1.85. The molecule has 0 aromatic carbocycles. The summed E-state index contributed by atoms with van der Waals surface area (Å²) in [7, 11) is 0. The van der Waals surface area contributed by atoms with Crippen LogP contribution in [0.25, 0.3) is 0 Å². The molecule has 0 aromatic heterocycles. The van der Waals surface area contributed by atoms with E-state index in [9.17, 15) is 0 Å². The van der Waals surface area contributed by atoms with Crippen LogP contribution in [0.1, 0.15) is 25.7 Å². The highest BCUT2D eigenvalue weighted by molar-refractivity contribution is 4.85. The highest BCUT2D eigenvalue weighted by Crippen LogP contribution is 2.18. The van der Waals surface area contributed by atoms with Gasteiger partial charge in [-0.2, -0.15) is 0 Å². The summed E-state index contributed by atoms with van der Waals surface area (Å²) in [5.41, 5.74) is 0. The molecule has 2 atom stereocenters. The van der Waals surface area contributed by atoms with Crippen LogP contribution in [0.3, 0.4) is 0 Å². The fraction of sp³-hybridized carbons (Fsp3) is 0.667. The Morgan fingerprint density at radius 2 is 1.50 bits per heavy atom. The maximum absolute atomic E-state index is 3.72. The van der Waals surface area contributed by atoms with Gasteiger partial charge in [0.2, 0.25) is 0 Å². The maximum atomic E-state index is 3.72. The first-order valence-electron chi connectivity index (χ1n) is 5.55. The summed E-state index contributed by atoms with van der Waals surface area (Å²) < 4.78 is 0. The van der Waals surface area contributed by atoms with E-state index in [2.05, 4.69) is 23.8 Å². The van der Waals surface area contributed by atoms with Crippen LogP contribution >= 0.6 is 0 Å². The van der Waals surface area contributed by atoms with Crippen molar-refractivity contribution in [3.05, 3.63) is 25.3 Å². The molecule has 0 bridgehead atoms. The van der Waals surface area contributed by atoms with E-state index in [4.69, 9.17) is 0 Å². The largest absolute Gasteiger partial charge is 0.310 e. The average Bonchev–Trinajstić information content (AvgIpc) is 2.24. The van der Waals surface area contributed by atoms with Crippen LogP contribution in [-0.2, 0) is 0 Å². The quantitative estimate of drug-likeness (QED) is 0.631. The Labute approximate surface area is 87.5 Å². The zero-order chi connectivity index (χ0) is 10.2. The Hall–Kier alpha value is -0.600. The SMILES string of the molecule is C=CCNC1CCCC(NCC=C)C1. The molecule has 1 saturated carbocycles. The molecule has 2 unspecified atom stereocenters. The minimum atomic E-state index is 0.670. The minimum Gasteiger partial charge on any atom is -0.310 e. The lowest BCUT2D eigenvalue weighted by atomic mass is 9.91. The van der Waals surface area contributed by atoms with Crippen LogP contribution < -0.4 is 10.6 Å². The second kappa shape index (κ2) is 6.80. The van der Waals surface area contributed by atoms with Crippen molar-refractivity contribution in [2.24, 2.45) is 0 Å². The van der Waals surface area contributed by atoms with Crippen LogP contribution in [0.2, 0.25) is 0 Å². The van der Waals surface area contributed by atoms with Crippen molar-refractivity contribution >= 4 is 0 Å². The molecular formula is C12H22N2. The van der Waals surface area contributed by atoms with E-state index in [1.807, 2.05) is 12.2 Å². The van der Waals surface area contributed by atoms with Crippen molar-refractivity contribution in [3.63, 3.8) is 0 Å². The van der Waals surface area contributed by atoms with E-state index in [0.29, 0.717) is 12.1 Å². The number of hydrogen-bond donors (Lipinski definition) is 2. The van der Waals surface area contributed by atoms with Gasteiger partial charge in [-0.1, -0.05) is 18.6 Å². The highest BCUT2D eigenvalue weighted by atomic mass is 15.0. The molecule has 2 nitrogen and oxygen atoms in total. The zero-order valence-electron chi connectivity index (χ0n) is 8.97. The fourth-order valence-corrected chi connectivity index (χ4v) is 2.06. The Kier molecular flexibility index (Phi) is 5.57. The van der Waals surface area contributed by atoms with Gasteiger partial charge in [0.05, 0.1) is 0 Å². The molecule has 0 saturated heterocycles. The standard InChI is InChI=1S/C12H22N2/c1-3-8-13-11-6-5-7-12(10-11)14-9-4-2/h3-4,11-14H,1-2,5-10H2. The van der Waals surface area contributed by atoms with Gasteiger partial charge in [0, 0.05) is 25.2 Å². The molecule has 1 fully saturated rings. The zero-order valence-corrected chi connectivity index (χ0v) is 8.97. The summed E-state index contributed by atoms with van der Waals surface area (Å²) in [6.07, 6.45) is 9.03. The monoisotopic (exact) mass is 194 g/mol. The Balaban J connectivity index is 2.20. The topological polar surface area (TPSA) is 24.1 Å². The molecule has 1 aliphatic rings. The molecule has 0 heterocycles. The lowest BCUT2D eigenvalue weighted by Gasteiger charge is -2.30. The van der Waals surface area contributed by atoms with Crippen molar-refractivity contribution in [3.8, 4) is 0 Å². The summed E-state index contributed by atoms with van der Waals surface area (Å²) in [6.45, 7) is 9.30. The Morgan fingerprint density at radius 1 is 1.00 bits per heavy atom. The molecule has 0 amide bonds. The van der Waals surface area contributed by atoms with Crippen molar-refractivity contribution in [1.82, 2.24) is 10.6 Å². The van der Waals surface area contributed by atoms with Crippen LogP contribution in [-0.4, -0.2) is 25.2 Å². The summed E-state index contributed by atoms with van der Waals surface area (Å²) in [5, 5.41) is 6.99. The highest BCUT2D eigenvalue weighted by Gasteiger charge is 2.19. The van der Waals surface area contributed by atoms with Crippen LogP contribution in [0, 0.1) is 0 Å². The molecule has 80 valence electrons. The molecule has 1 aliphatic carbocycles. The molecule has 14 heavy (non-hydrogen) atoms. The summed E-state index contributed by atoms with van der Waals surface area (Å²) >= 11 is 0. The molecule has 0 aromatic rings.